The van der Waals surface area contributed by atoms with Crippen LogP contribution in [0.2, 0.25) is 0 Å². The van der Waals surface area contributed by atoms with Crippen LogP contribution in [0.25, 0.3) is 0 Å². The van der Waals surface area contributed by atoms with Gasteiger partial charge in [-0.1, -0.05) is 12.1 Å². The second-order valence-electron chi connectivity index (χ2n) is 3.24. The predicted octanol–water partition coefficient (Wildman–Crippen LogP) is 2.26. The highest BCUT2D eigenvalue weighted by Crippen LogP contribution is 2.34. The van der Waals surface area contributed by atoms with E-state index < -0.39 is 12.1 Å². The molecule has 15 heavy (non-hydrogen) atoms. The molecule has 0 spiro atoms. The van der Waals surface area contributed by atoms with Crippen molar-refractivity contribution in [2.75, 3.05) is 13.6 Å². The van der Waals surface area contributed by atoms with Gasteiger partial charge in [0.15, 0.2) is 0 Å². The molecule has 0 heterocycles. The van der Waals surface area contributed by atoms with Crippen LogP contribution >= 0.6 is 0 Å². The third kappa shape index (κ3) is 3.13. The van der Waals surface area contributed by atoms with Crippen LogP contribution in [0.1, 0.15) is 11.5 Å². The quantitative estimate of drug-likeness (QED) is 0.817. The number of phenolic OH excluding ortho intramolecular Hbond substituents is 1. The lowest BCUT2D eigenvalue weighted by Crippen LogP contribution is -2.29. The molecule has 1 rings (SSSR count). The van der Waals surface area contributed by atoms with E-state index in [0.717, 1.165) is 0 Å². The fourth-order valence-electron chi connectivity index (χ4n) is 1.33. The Balaban J connectivity index is 2.94. The number of hydrogen-bond acceptors (Lipinski definition) is 2. The number of aromatic hydroxyl groups is 1. The van der Waals surface area contributed by atoms with E-state index in [1.165, 1.54) is 31.3 Å². The van der Waals surface area contributed by atoms with Crippen LogP contribution < -0.4 is 5.32 Å². The number of alkyl halides is 3. The molecule has 2 nitrogen and oxygen atoms in total. The van der Waals surface area contributed by atoms with E-state index in [0.29, 0.717) is 0 Å². The smallest absolute Gasteiger partial charge is 0.396 e. The summed E-state index contributed by atoms with van der Waals surface area (Å²) in [5.41, 5.74) is 0.148. The molecule has 0 saturated heterocycles. The van der Waals surface area contributed by atoms with Crippen molar-refractivity contribution in [2.45, 2.75) is 12.1 Å². The van der Waals surface area contributed by atoms with Crippen molar-refractivity contribution < 1.29 is 18.3 Å². The van der Waals surface area contributed by atoms with E-state index in [9.17, 15) is 13.2 Å². The minimum absolute atomic E-state index is 0.0378. The lowest BCUT2D eigenvalue weighted by molar-refractivity contribution is -0.149. The highest BCUT2D eigenvalue weighted by atomic mass is 19.4. The van der Waals surface area contributed by atoms with Gasteiger partial charge in [-0.25, -0.2) is 0 Å². The van der Waals surface area contributed by atoms with Gasteiger partial charge in [-0.2, -0.15) is 13.2 Å². The Bertz CT molecular complexity index is 307. The fraction of sp³-hybridized carbons (Fsp3) is 0.400. The molecule has 0 amide bonds. The van der Waals surface area contributed by atoms with Crippen molar-refractivity contribution in [3.63, 3.8) is 0 Å². The van der Waals surface area contributed by atoms with Crippen molar-refractivity contribution in [3.05, 3.63) is 29.8 Å². The van der Waals surface area contributed by atoms with Crippen LogP contribution in [0.4, 0.5) is 13.2 Å². The standard InChI is InChI=1S/C10H12F3NO/c1-14-6-9(10(11,12)13)7-2-4-8(15)5-3-7/h2-5,9,14-15H,6H2,1H3. The number of hydrogen-bond donors (Lipinski definition) is 2. The van der Waals surface area contributed by atoms with Crippen LogP contribution in [0.15, 0.2) is 24.3 Å². The SMILES string of the molecule is CNCC(c1ccc(O)cc1)C(F)(F)F. The van der Waals surface area contributed by atoms with Crippen LogP contribution in [0, 0.1) is 0 Å². The van der Waals surface area contributed by atoms with Crippen molar-refractivity contribution in [1.29, 1.82) is 0 Å². The molecule has 1 unspecified atom stereocenters. The average Bonchev–Trinajstić information content (AvgIpc) is 2.14. The number of nitrogens with one attached hydrogen (secondary N) is 1. The van der Waals surface area contributed by atoms with Gasteiger partial charge < -0.3 is 10.4 Å². The molecule has 2 N–H and O–H groups in total. The molecule has 0 aliphatic rings. The van der Waals surface area contributed by atoms with Crippen molar-refractivity contribution in [1.82, 2.24) is 5.32 Å². The number of rotatable bonds is 3. The summed E-state index contributed by atoms with van der Waals surface area (Å²) in [6, 6.07) is 5.07. The van der Waals surface area contributed by atoms with Gasteiger partial charge in [-0.15, -0.1) is 0 Å². The topological polar surface area (TPSA) is 32.3 Å². The molecule has 0 fully saturated rings. The molecule has 1 aromatic carbocycles. The molecule has 84 valence electrons. The molecule has 5 heteroatoms. The van der Waals surface area contributed by atoms with Crippen LogP contribution in [0.3, 0.4) is 0 Å². The zero-order chi connectivity index (χ0) is 11.5. The number of benzene rings is 1. The third-order valence-corrected chi connectivity index (χ3v) is 2.10. The Morgan fingerprint density at radius 3 is 2.20 bits per heavy atom. The number of likely N-dealkylation sites (N-methyl/N-ethyl adjacent to an activating group) is 1. The molecule has 0 radical (unpaired) electrons. The third-order valence-electron chi connectivity index (χ3n) is 2.10. The van der Waals surface area contributed by atoms with Gasteiger partial charge in [0.2, 0.25) is 0 Å². The Hall–Kier alpha value is -1.23. The first-order valence-corrected chi connectivity index (χ1v) is 4.45. The van der Waals surface area contributed by atoms with E-state index in [2.05, 4.69) is 5.32 Å². The normalized spacial score (nSPS) is 13.9. The van der Waals surface area contributed by atoms with Crippen LogP contribution in [-0.2, 0) is 0 Å². The van der Waals surface area contributed by atoms with Crippen molar-refractivity contribution >= 4 is 0 Å². The van der Waals surface area contributed by atoms with E-state index in [1.807, 2.05) is 0 Å². The zero-order valence-electron chi connectivity index (χ0n) is 8.17. The number of halogens is 3. The minimum Gasteiger partial charge on any atom is -0.508 e. The Labute approximate surface area is 85.7 Å². The van der Waals surface area contributed by atoms with E-state index >= 15 is 0 Å². The maximum Gasteiger partial charge on any atom is 0.396 e. The summed E-state index contributed by atoms with van der Waals surface area (Å²) in [6.07, 6.45) is -4.28. The highest BCUT2D eigenvalue weighted by Gasteiger charge is 2.39. The monoisotopic (exact) mass is 219 g/mol. The van der Waals surface area contributed by atoms with Crippen molar-refractivity contribution in [3.8, 4) is 5.75 Å². The highest BCUT2D eigenvalue weighted by molar-refractivity contribution is 5.29. The Morgan fingerprint density at radius 1 is 1.27 bits per heavy atom. The fourth-order valence-corrected chi connectivity index (χ4v) is 1.33. The predicted molar refractivity (Wildman–Crippen MR) is 50.8 cm³/mol. The minimum atomic E-state index is -4.28. The zero-order valence-corrected chi connectivity index (χ0v) is 8.17. The summed E-state index contributed by atoms with van der Waals surface area (Å²) < 4.78 is 37.8. The van der Waals surface area contributed by atoms with Crippen LogP contribution in [-0.4, -0.2) is 24.9 Å². The van der Waals surface area contributed by atoms with Gasteiger partial charge in [0.25, 0.3) is 0 Å². The summed E-state index contributed by atoms with van der Waals surface area (Å²) in [4.78, 5) is 0. The average molecular weight is 219 g/mol. The molecular weight excluding hydrogens is 207 g/mol. The summed E-state index contributed by atoms with van der Waals surface area (Å²) in [5.74, 6) is -1.58. The lowest BCUT2D eigenvalue weighted by atomic mass is 9.98. The van der Waals surface area contributed by atoms with Crippen LogP contribution in [0.5, 0.6) is 5.75 Å². The molecule has 0 aliphatic heterocycles. The van der Waals surface area contributed by atoms with Gasteiger partial charge in [0.05, 0.1) is 5.92 Å². The molecule has 0 aromatic heterocycles. The second-order valence-corrected chi connectivity index (χ2v) is 3.24. The van der Waals surface area contributed by atoms with Gasteiger partial charge in [-0.05, 0) is 24.7 Å². The maximum absolute atomic E-state index is 12.6. The molecule has 1 aromatic rings. The molecule has 0 bridgehead atoms. The molecule has 0 aliphatic carbocycles. The van der Waals surface area contributed by atoms with Crippen molar-refractivity contribution in [2.24, 2.45) is 0 Å². The van der Waals surface area contributed by atoms with E-state index in [-0.39, 0.29) is 17.9 Å². The van der Waals surface area contributed by atoms with E-state index in [4.69, 9.17) is 5.11 Å². The summed E-state index contributed by atoms with van der Waals surface area (Å²) in [5, 5.41) is 11.5. The Morgan fingerprint density at radius 2 is 1.80 bits per heavy atom. The first-order valence-electron chi connectivity index (χ1n) is 4.45. The summed E-state index contributed by atoms with van der Waals surface area (Å²) in [6.45, 7) is -0.172. The maximum atomic E-state index is 12.6. The Kier molecular flexibility index (Phi) is 3.57. The van der Waals surface area contributed by atoms with Gasteiger partial charge in [0, 0.05) is 6.54 Å². The first-order chi connectivity index (χ1) is 6.95. The van der Waals surface area contributed by atoms with Gasteiger partial charge >= 0.3 is 6.18 Å². The van der Waals surface area contributed by atoms with Gasteiger partial charge in [0.1, 0.15) is 5.75 Å². The molecule has 0 saturated carbocycles. The summed E-state index contributed by atoms with van der Waals surface area (Å²) in [7, 11) is 1.47. The second kappa shape index (κ2) is 4.53. The lowest BCUT2D eigenvalue weighted by Gasteiger charge is -2.20. The van der Waals surface area contributed by atoms with Gasteiger partial charge in [-0.3, -0.25) is 0 Å². The summed E-state index contributed by atoms with van der Waals surface area (Å²) >= 11 is 0. The molecular formula is C10H12F3NO. The number of phenols is 1. The van der Waals surface area contributed by atoms with E-state index in [1.54, 1.807) is 0 Å². The largest absolute Gasteiger partial charge is 0.508 e. The first kappa shape index (κ1) is 11.8. The molecule has 1 atom stereocenters.